The van der Waals surface area contributed by atoms with E-state index in [0.717, 1.165) is 17.8 Å². The molecule has 0 spiro atoms. The van der Waals surface area contributed by atoms with Crippen molar-refractivity contribution in [1.82, 2.24) is 10.2 Å². The first-order valence-corrected chi connectivity index (χ1v) is 10.0. The van der Waals surface area contributed by atoms with E-state index < -0.39 is 23.6 Å². The Hall–Kier alpha value is -2.61. The Morgan fingerprint density at radius 1 is 1.13 bits per heavy atom. The molecule has 0 saturated carbocycles. The van der Waals surface area contributed by atoms with Gasteiger partial charge in [0, 0.05) is 42.4 Å². The Kier molecular flexibility index (Phi) is 5.44. The number of hydrogen-bond donors (Lipinski definition) is 1. The van der Waals surface area contributed by atoms with E-state index in [9.17, 15) is 22.8 Å². The van der Waals surface area contributed by atoms with Crippen LogP contribution in [-0.4, -0.2) is 42.9 Å². The SMILES string of the molecule is C=C1NC2=C(C(=O)CCC2)C(c2ccc(C(F)(F)F)cc2)C1C(=O)N1CCOCC1. The maximum Gasteiger partial charge on any atom is 0.416 e. The molecule has 160 valence electrons. The summed E-state index contributed by atoms with van der Waals surface area (Å²) in [5, 5.41) is 3.16. The van der Waals surface area contributed by atoms with Crippen molar-refractivity contribution in [3.8, 4) is 0 Å². The number of nitrogens with zero attached hydrogens (tertiary/aromatic N) is 1. The van der Waals surface area contributed by atoms with Gasteiger partial charge in [-0.25, -0.2) is 0 Å². The van der Waals surface area contributed by atoms with Gasteiger partial charge in [0.2, 0.25) is 5.91 Å². The Morgan fingerprint density at radius 3 is 2.43 bits per heavy atom. The number of carbonyl (C=O) groups is 2. The number of carbonyl (C=O) groups excluding carboxylic acids is 2. The van der Waals surface area contributed by atoms with Gasteiger partial charge in [0.25, 0.3) is 0 Å². The van der Waals surface area contributed by atoms with Gasteiger partial charge in [-0.15, -0.1) is 0 Å². The quantitative estimate of drug-likeness (QED) is 0.797. The van der Waals surface area contributed by atoms with Crippen molar-refractivity contribution >= 4 is 11.7 Å². The maximum atomic E-state index is 13.4. The van der Waals surface area contributed by atoms with Crippen molar-refractivity contribution in [2.75, 3.05) is 26.3 Å². The van der Waals surface area contributed by atoms with Crippen LogP contribution in [0.5, 0.6) is 0 Å². The van der Waals surface area contributed by atoms with E-state index >= 15 is 0 Å². The van der Waals surface area contributed by atoms with Crippen molar-refractivity contribution < 1.29 is 27.5 Å². The lowest BCUT2D eigenvalue weighted by molar-refractivity contribution is -0.139. The standard InChI is InChI=1S/C22H23F3N2O3/c1-13-18(21(29)27-9-11-30-12-10-27)19(20-16(26-13)3-2-4-17(20)28)14-5-7-15(8-6-14)22(23,24)25/h5-8,18-19,26H,1-4,9-12H2. The van der Waals surface area contributed by atoms with Gasteiger partial charge < -0.3 is 15.0 Å². The molecule has 0 bridgehead atoms. The van der Waals surface area contributed by atoms with Gasteiger partial charge in [-0.3, -0.25) is 9.59 Å². The van der Waals surface area contributed by atoms with Crippen LogP contribution in [0.15, 0.2) is 47.8 Å². The molecule has 1 aromatic rings. The first-order valence-electron chi connectivity index (χ1n) is 10.0. The number of allylic oxidation sites excluding steroid dienone is 2. The highest BCUT2D eigenvalue weighted by molar-refractivity contribution is 6.00. The molecule has 1 saturated heterocycles. The average molecular weight is 420 g/mol. The molecule has 30 heavy (non-hydrogen) atoms. The minimum Gasteiger partial charge on any atom is -0.378 e. The molecule has 1 aromatic carbocycles. The summed E-state index contributed by atoms with van der Waals surface area (Å²) < 4.78 is 44.4. The third kappa shape index (κ3) is 3.76. The first-order chi connectivity index (χ1) is 14.3. The van der Waals surface area contributed by atoms with E-state index in [4.69, 9.17) is 4.74 Å². The second-order valence-electron chi connectivity index (χ2n) is 7.83. The zero-order valence-electron chi connectivity index (χ0n) is 16.4. The summed E-state index contributed by atoms with van der Waals surface area (Å²) in [5.74, 6) is -1.67. The number of halogens is 3. The largest absolute Gasteiger partial charge is 0.416 e. The molecule has 2 aliphatic heterocycles. The molecule has 2 atom stereocenters. The van der Waals surface area contributed by atoms with Crippen LogP contribution >= 0.6 is 0 Å². The lowest BCUT2D eigenvalue weighted by Crippen LogP contribution is -2.49. The molecular formula is C22H23F3N2O3. The van der Waals surface area contributed by atoms with E-state index in [1.54, 1.807) is 4.90 Å². The molecule has 8 heteroatoms. The summed E-state index contributed by atoms with van der Waals surface area (Å²) in [7, 11) is 0. The van der Waals surface area contributed by atoms with E-state index in [1.165, 1.54) is 12.1 Å². The number of Topliss-reactive ketones (excluding diaryl/α,β-unsaturated/α-hetero) is 1. The maximum absolute atomic E-state index is 13.4. The molecule has 1 aliphatic carbocycles. The van der Waals surface area contributed by atoms with Gasteiger partial charge in [-0.2, -0.15) is 13.2 Å². The minimum absolute atomic E-state index is 0.0686. The number of ketones is 1. The molecule has 2 unspecified atom stereocenters. The Balaban J connectivity index is 1.78. The summed E-state index contributed by atoms with van der Waals surface area (Å²) in [6, 6.07) is 4.75. The van der Waals surface area contributed by atoms with Gasteiger partial charge in [0.1, 0.15) is 0 Å². The fraction of sp³-hybridized carbons (Fsp3) is 0.455. The first kappa shape index (κ1) is 20.7. The van der Waals surface area contributed by atoms with Crippen LogP contribution in [0, 0.1) is 5.92 Å². The molecule has 0 aromatic heterocycles. The normalized spacial score (nSPS) is 25.1. The van der Waals surface area contributed by atoms with Crippen LogP contribution < -0.4 is 5.32 Å². The number of nitrogens with one attached hydrogen (secondary N) is 1. The topological polar surface area (TPSA) is 58.6 Å². The number of alkyl halides is 3. The number of hydrogen-bond acceptors (Lipinski definition) is 4. The van der Waals surface area contributed by atoms with Crippen LogP contribution in [0.2, 0.25) is 0 Å². The molecule has 0 radical (unpaired) electrons. The van der Waals surface area contributed by atoms with Gasteiger partial charge >= 0.3 is 6.18 Å². The molecule has 1 amide bonds. The summed E-state index contributed by atoms with van der Waals surface area (Å²) in [5.41, 5.74) is 1.45. The van der Waals surface area contributed by atoms with E-state index in [2.05, 4.69) is 11.9 Å². The zero-order valence-corrected chi connectivity index (χ0v) is 16.4. The average Bonchev–Trinajstić information content (AvgIpc) is 2.72. The lowest BCUT2D eigenvalue weighted by Gasteiger charge is -2.41. The number of rotatable bonds is 2. The van der Waals surface area contributed by atoms with E-state index in [-0.39, 0.29) is 11.7 Å². The van der Waals surface area contributed by atoms with Gasteiger partial charge in [-0.1, -0.05) is 18.7 Å². The van der Waals surface area contributed by atoms with Crippen molar-refractivity contribution in [3.05, 3.63) is 58.9 Å². The van der Waals surface area contributed by atoms with Crippen molar-refractivity contribution in [2.24, 2.45) is 5.92 Å². The Labute approximate surface area is 172 Å². The van der Waals surface area contributed by atoms with Crippen LogP contribution in [-0.2, 0) is 20.5 Å². The monoisotopic (exact) mass is 420 g/mol. The molecule has 4 rings (SSSR count). The third-order valence-corrected chi connectivity index (χ3v) is 5.97. The summed E-state index contributed by atoms with van der Waals surface area (Å²) in [6.07, 6.45) is -2.75. The second-order valence-corrected chi connectivity index (χ2v) is 7.83. The molecule has 5 nitrogen and oxygen atoms in total. The number of morpholine rings is 1. The molecule has 3 aliphatic rings. The van der Waals surface area contributed by atoms with Crippen LogP contribution in [0.4, 0.5) is 13.2 Å². The highest BCUT2D eigenvalue weighted by atomic mass is 19.4. The van der Waals surface area contributed by atoms with Crippen LogP contribution in [0.1, 0.15) is 36.3 Å². The van der Waals surface area contributed by atoms with Crippen molar-refractivity contribution in [3.63, 3.8) is 0 Å². The smallest absolute Gasteiger partial charge is 0.378 e. The molecule has 2 heterocycles. The summed E-state index contributed by atoms with van der Waals surface area (Å²) >= 11 is 0. The van der Waals surface area contributed by atoms with Crippen LogP contribution in [0.3, 0.4) is 0 Å². The number of amides is 1. The van der Waals surface area contributed by atoms with Crippen molar-refractivity contribution in [1.29, 1.82) is 0 Å². The third-order valence-electron chi connectivity index (χ3n) is 5.97. The minimum atomic E-state index is -4.45. The van der Waals surface area contributed by atoms with Crippen LogP contribution in [0.25, 0.3) is 0 Å². The fourth-order valence-corrected chi connectivity index (χ4v) is 4.50. The Morgan fingerprint density at radius 2 is 1.80 bits per heavy atom. The zero-order chi connectivity index (χ0) is 21.5. The molecule has 1 fully saturated rings. The van der Waals surface area contributed by atoms with E-state index in [0.29, 0.717) is 62.4 Å². The van der Waals surface area contributed by atoms with Gasteiger partial charge in [0.15, 0.2) is 5.78 Å². The van der Waals surface area contributed by atoms with E-state index in [1.807, 2.05) is 0 Å². The van der Waals surface area contributed by atoms with Gasteiger partial charge in [0.05, 0.1) is 24.7 Å². The lowest BCUT2D eigenvalue weighted by atomic mass is 9.71. The predicted octanol–water partition coefficient (Wildman–Crippen LogP) is 3.39. The highest BCUT2D eigenvalue weighted by Crippen LogP contribution is 2.45. The summed E-state index contributed by atoms with van der Waals surface area (Å²) in [6.45, 7) is 5.76. The highest BCUT2D eigenvalue weighted by Gasteiger charge is 2.44. The van der Waals surface area contributed by atoms with Gasteiger partial charge in [-0.05, 0) is 30.5 Å². The number of ether oxygens (including phenoxy) is 1. The Bertz CT molecular complexity index is 899. The molecular weight excluding hydrogens is 397 g/mol. The van der Waals surface area contributed by atoms with Crippen molar-refractivity contribution in [2.45, 2.75) is 31.4 Å². The number of benzene rings is 1. The second kappa shape index (κ2) is 7.91. The summed E-state index contributed by atoms with van der Waals surface area (Å²) in [4.78, 5) is 27.9. The fourth-order valence-electron chi connectivity index (χ4n) is 4.50. The predicted molar refractivity (Wildman–Crippen MR) is 103 cm³/mol. The molecule has 1 N–H and O–H groups in total.